The van der Waals surface area contributed by atoms with Gasteiger partial charge in [-0.05, 0) is 19.4 Å². The fourth-order valence-corrected chi connectivity index (χ4v) is 1.48. The van der Waals surface area contributed by atoms with Crippen LogP contribution in [-0.4, -0.2) is 11.1 Å². The number of benzene rings is 1. The fraction of sp³-hybridized carbons (Fsp3) is 0.500. The largest absolute Gasteiger partial charge is 0.508 e. The molecule has 0 saturated carbocycles. The summed E-state index contributed by atoms with van der Waals surface area (Å²) >= 11 is 0. The Morgan fingerprint density at radius 2 is 2.07 bits per heavy atom. The van der Waals surface area contributed by atoms with E-state index in [-0.39, 0.29) is 0 Å². The average molecular weight is 193 g/mol. The molecule has 0 aromatic heterocycles. The van der Waals surface area contributed by atoms with Gasteiger partial charge in [0, 0.05) is 18.2 Å². The van der Waals surface area contributed by atoms with Crippen LogP contribution in [0.4, 0.5) is 0 Å². The van der Waals surface area contributed by atoms with Gasteiger partial charge >= 0.3 is 0 Å². The molecule has 0 bridgehead atoms. The number of para-hydroxylation sites is 1. The van der Waals surface area contributed by atoms with Gasteiger partial charge in [-0.15, -0.1) is 0 Å². The maximum absolute atomic E-state index is 9.51. The monoisotopic (exact) mass is 193 g/mol. The summed E-state index contributed by atoms with van der Waals surface area (Å²) in [5.41, 5.74) is 0.968. The van der Waals surface area contributed by atoms with Gasteiger partial charge in [0.05, 0.1) is 0 Å². The molecule has 0 spiro atoms. The summed E-state index contributed by atoms with van der Waals surface area (Å²) in [7, 11) is 0. The van der Waals surface area contributed by atoms with Crippen LogP contribution in [0.25, 0.3) is 0 Å². The highest BCUT2D eigenvalue weighted by atomic mass is 16.3. The van der Waals surface area contributed by atoms with Crippen LogP contribution in [0.15, 0.2) is 24.3 Å². The molecule has 1 aromatic carbocycles. The normalized spacial score (nSPS) is 12.7. The summed E-state index contributed by atoms with van der Waals surface area (Å²) in [4.78, 5) is 0. The predicted octanol–water partition coefficient (Wildman–Crippen LogP) is 2.67. The summed E-state index contributed by atoms with van der Waals surface area (Å²) in [5.74, 6) is 0.378. The number of rotatable bonds is 5. The molecule has 0 unspecified atom stereocenters. The van der Waals surface area contributed by atoms with E-state index in [2.05, 4.69) is 19.2 Å². The average Bonchev–Trinajstić information content (AvgIpc) is 2.17. The van der Waals surface area contributed by atoms with E-state index in [1.807, 2.05) is 18.2 Å². The Morgan fingerprint density at radius 3 is 2.71 bits per heavy atom. The lowest BCUT2D eigenvalue weighted by molar-refractivity contribution is 0.454. The van der Waals surface area contributed by atoms with Gasteiger partial charge in [-0.25, -0.2) is 0 Å². The third-order valence-corrected chi connectivity index (χ3v) is 2.35. The Kier molecular flexibility index (Phi) is 4.47. The highest BCUT2D eigenvalue weighted by molar-refractivity contribution is 5.31. The van der Waals surface area contributed by atoms with E-state index >= 15 is 0 Å². The molecule has 0 fully saturated rings. The van der Waals surface area contributed by atoms with Crippen LogP contribution in [0.3, 0.4) is 0 Å². The molecular formula is C12H19NO. The zero-order valence-electron chi connectivity index (χ0n) is 8.96. The van der Waals surface area contributed by atoms with E-state index in [4.69, 9.17) is 0 Å². The van der Waals surface area contributed by atoms with Gasteiger partial charge in [0.2, 0.25) is 0 Å². The summed E-state index contributed by atoms with van der Waals surface area (Å²) in [6, 6.07) is 7.97. The third-order valence-electron chi connectivity index (χ3n) is 2.35. The highest BCUT2D eigenvalue weighted by Crippen LogP contribution is 2.15. The van der Waals surface area contributed by atoms with Crippen molar-refractivity contribution in [2.45, 2.75) is 39.3 Å². The molecule has 0 heterocycles. The molecule has 0 saturated heterocycles. The first-order valence-electron chi connectivity index (χ1n) is 5.24. The van der Waals surface area contributed by atoms with Crippen LogP contribution in [-0.2, 0) is 6.54 Å². The first-order chi connectivity index (χ1) is 6.74. The standard InChI is InChI=1S/C12H19NO/c1-3-6-10(2)13-9-11-7-4-5-8-12(11)14/h4-5,7-8,10,13-14H,3,6,9H2,1-2H3/t10-/m0/s1. The number of phenols is 1. The molecule has 1 atom stereocenters. The van der Waals surface area contributed by atoms with Crippen molar-refractivity contribution in [3.05, 3.63) is 29.8 Å². The smallest absolute Gasteiger partial charge is 0.120 e. The van der Waals surface area contributed by atoms with E-state index in [9.17, 15) is 5.11 Å². The first kappa shape index (κ1) is 11.1. The summed E-state index contributed by atoms with van der Waals surface area (Å²) in [5, 5.41) is 12.9. The molecule has 2 nitrogen and oxygen atoms in total. The van der Waals surface area contributed by atoms with Crippen molar-refractivity contribution in [3.63, 3.8) is 0 Å². The SMILES string of the molecule is CCC[C@H](C)NCc1ccccc1O. The second-order valence-electron chi connectivity index (χ2n) is 3.70. The van der Waals surface area contributed by atoms with E-state index in [0.29, 0.717) is 11.8 Å². The van der Waals surface area contributed by atoms with Crippen LogP contribution in [0.2, 0.25) is 0 Å². The molecular weight excluding hydrogens is 174 g/mol. The number of hydrogen-bond donors (Lipinski definition) is 2. The number of nitrogens with one attached hydrogen (secondary N) is 1. The maximum Gasteiger partial charge on any atom is 0.120 e. The number of aromatic hydroxyl groups is 1. The van der Waals surface area contributed by atoms with E-state index in [0.717, 1.165) is 12.1 Å². The Morgan fingerprint density at radius 1 is 1.36 bits per heavy atom. The first-order valence-corrected chi connectivity index (χ1v) is 5.24. The minimum atomic E-state index is 0.378. The lowest BCUT2D eigenvalue weighted by Crippen LogP contribution is -2.25. The van der Waals surface area contributed by atoms with Crippen LogP contribution >= 0.6 is 0 Å². The Labute approximate surface area is 86.0 Å². The molecule has 1 aromatic rings. The van der Waals surface area contributed by atoms with Gasteiger partial charge < -0.3 is 10.4 Å². The second kappa shape index (κ2) is 5.66. The molecule has 0 aliphatic heterocycles. The van der Waals surface area contributed by atoms with E-state index in [1.54, 1.807) is 6.07 Å². The predicted molar refractivity (Wildman–Crippen MR) is 59.3 cm³/mol. The third kappa shape index (κ3) is 3.38. The molecule has 0 aliphatic carbocycles. The van der Waals surface area contributed by atoms with Crippen LogP contribution in [0, 0.1) is 0 Å². The molecule has 0 radical (unpaired) electrons. The van der Waals surface area contributed by atoms with Crippen molar-refractivity contribution in [1.82, 2.24) is 5.32 Å². The Hall–Kier alpha value is -1.02. The lowest BCUT2D eigenvalue weighted by atomic mass is 10.1. The van der Waals surface area contributed by atoms with Crippen LogP contribution in [0.1, 0.15) is 32.3 Å². The quantitative estimate of drug-likeness (QED) is 0.753. The molecule has 2 N–H and O–H groups in total. The van der Waals surface area contributed by atoms with Crippen LogP contribution in [0.5, 0.6) is 5.75 Å². The summed E-state index contributed by atoms with van der Waals surface area (Å²) < 4.78 is 0. The van der Waals surface area contributed by atoms with Crippen molar-refractivity contribution in [1.29, 1.82) is 0 Å². The maximum atomic E-state index is 9.51. The van der Waals surface area contributed by atoms with E-state index < -0.39 is 0 Å². The van der Waals surface area contributed by atoms with Gasteiger partial charge in [-0.3, -0.25) is 0 Å². The van der Waals surface area contributed by atoms with Crippen LogP contribution < -0.4 is 5.32 Å². The van der Waals surface area contributed by atoms with E-state index in [1.165, 1.54) is 12.8 Å². The van der Waals surface area contributed by atoms with Gasteiger partial charge in [-0.2, -0.15) is 0 Å². The topological polar surface area (TPSA) is 32.3 Å². The Bertz CT molecular complexity index is 273. The molecule has 78 valence electrons. The molecule has 0 aliphatic rings. The van der Waals surface area contributed by atoms with Gasteiger partial charge in [0.1, 0.15) is 5.75 Å². The number of hydrogen-bond acceptors (Lipinski definition) is 2. The lowest BCUT2D eigenvalue weighted by Gasteiger charge is -2.13. The zero-order chi connectivity index (χ0) is 10.4. The highest BCUT2D eigenvalue weighted by Gasteiger charge is 2.02. The van der Waals surface area contributed by atoms with Crippen molar-refractivity contribution < 1.29 is 5.11 Å². The molecule has 2 heteroatoms. The van der Waals surface area contributed by atoms with Crippen molar-refractivity contribution in [3.8, 4) is 5.75 Å². The van der Waals surface area contributed by atoms with Gasteiger partial charge in [0.25, 0.3) is 0 Å². The molecule has 14 heavy (non-hydrogen) atoms. The fourth-order valence-electron chi connectivity index (χ4n) is 1.48. The summed E-state index contributed by atoms with van der Waals surface area (Å²) in [6.45, 7) is 5.09. The van der Waals surface area contributed by atoms with Gasteiger partial charge in [0.15, 0.2) is 0 Å². The van der Waals surface area contributed by atoms with Gasteiger partial charge in [-0.1, -0.05) is 31.5 Å². The molecule has 1 rings (SSSR count). The van der Waals surface area contributed by atoms with Crippen molar-refractivity contribution >= 4 is 0 Å². The summed E-state index contributed by atoms with van der Waals surface area (Å²) in [6.07, 6.45) is 2.36. The number of phenolic OH excluding ortho intramolecular Hbond substituents is 1. The second-order valence-corrected chi connectivity index (χ2v) is 3.70. The molecule has 0 amide bonds. The Balaban J connectivity index is 2.41. The van der Waals surface area contributed by atoms with Crippen molar-refractivity contribution in [2.75, 3.05) is 0 Å². The minimum Gasteiger partial charge on any atom is -0.508 e. The zero-order valence-corrected chi connectivity index (χ0v) is 8.96. The minimum absolute atomic E-state index is 0.378. The van der Waals surface area contributed by atoms with Crippen molar-refractivity contribution in [2.24, 2.45) is 0 Å².